The van der Waals surface area contributed by atoms with Crippen molar-refractivity contribution >= 4 is 0 Å². The Morgan fingerprint density at radius 2 is 1.60 bits per heavy atom. The number of benzene rings is 2. The lowest BCUT2D eigenvalue weighted by molar-refractivity contribution is 0.0967. The Kier molecular flexibility index (Phi) is 5.92. The Labute approximate surface area is 177 Å². The van der Waals surface area contributed by atoms with Gasteiger partial charge in [-0.15, -0.1) is 5.10 Å². The Morgan fingerprint density at radius 3 is 2.27 bits per heavy atom. The molecule has 0 amide bonds. The van der Waals surface area contributed by atoms with Gasteiger partial charge in [0.25, 0.3) is 0 Å². The van der Waals surface area contributed by atoms with Crippen LogP contribution in [0.4, 0.5) is 4.39 Å². The van der Waals surface area contributed by atoms with Gasteiger partial charge in [0.15, 0.2) is 5.82 Å². The van der Waals surface area contributed by atoms with E-state index in [1.54, 1.807) is 6.07 Å². The van der Waals surface area contributed by atoms with Gasteiger partial charge >= 0.3 is 0 Å². The van der Waals surface area contributed by atoms with Crippen molar-refractivity contribution in [3.8, 4) is 0 Å². The van der Waals surface area contributed by atoms with Crippen molar-refractivity contribution in [2.75, 3.05) is 26.2 Å². The van der Waals surface area contributed by atoms with E-state index >= 15 is 0 Å². The van der Waals surface area contributed by atoms with Crippen LogP contribution in [0, 0.1) is 5.82 Å². The van der Waals surface area contributed by atoms with Crippen LogP contribution < -0.4 is 0 Å². The fourth-order valence-electron chi connectivity index (χ4n) is 4.06. The maximum absolute atomic E-state index is 14.9. The molecule has 0 bridgehead atoms. The van der Waals surface area contributed by atoms with Gasteiger partial charge in [0.05, 0.1) is 5.54 Å². The third-order valence-corrected chi connectivity index (χ3v) is 5.59. The van der Waals surface area contributed by atoms with Crippen molar-refractivity contribution in [2.24, 2.45) is 0 Å². The number of nitrogens with zero attached hydrogens (tertiary/aromatic N) is 6. The minimum atomic E-state index is -0.320. The zero-order valence-electron chi connectivity index (χ0n) is 17.9. The van der Waals surface area contributed by atoms with Crippen LogP contribution in [-0.4, -0.2) is 56.2 Å². The van der Waals surface area contributed by atoms with Gasteiger partial charge in [0.2, 0.25) is 0 Å². The molecule has 0 N–H and O–H groups in total. The molecule has 2 heterocycles. The van der Waals surface area contributed by atoms with Crippen LogP contribution in [0.2, 0.25) is 0 Å². The molecule has 0 aliphatic carbocycles. The molecule has 7 heteroatoms. The normalized spacial score (nSPS) is 17.2. The summed E-state index contributed by atoms with van der Waals surface area (Å²) in [6.45, 7) is 10.6. The summed E-state index contributed by atoms with van der Waals surface area (Å²) < 4.78 is 16.7. The number of halogens is 1. The van der Waals surface area contributed by atoms with Gasteiger partial charge in [0.1, 0.15) is 11.9 Å². The van der Waals surface area contributed by atoms with E-state index in [4.69, 9.17) is 0 Å². The molecule has 1 saturated heterocycles. The molecule has 1 fully saturated rings. The zero-order valence-corrected chi connectivity index (χ0v) is 17.9. The van der Waals surface area contributed by atoms with Gasteiger partial charge in [-0.2, -0.15) is 0 Å². The first-order valence-electron chi connectivity index (χ1n) is 10.5. The lowest BCUT2D eigenvalue weighted by atomic mass is 10.0. The fraction of sp³-hybridized carbons (Fsp3) is 0.435. The van der Waals surface area contributed by atoms with E-state index in [-0.39, 0.29) is 17.4 Å². The SMILES string of the molecule is CC(C)(C)n1nnnc1C(c1ccccc1F)N1CCN(Cc2ccccc2)CC1. The van der Waals surface area contributed by atoms with Crippen LogP contribution in [0.3, 0.4) is 0 Å². The van der Waals surface area contributed by atoms with Gasteiger partial charge < -0.3 is 0 Å². The first-order valence-corrected chi connectivity index (χ1v) is 10.5. The molecule has 30 heavy (non-hydrogen) atoms. The summed E-state index contributed by atoms with van der Waals surface area (Å²) in [6, 6.07) is 17.1. The molecule has 1 aliphatic rings. The van der Waals surface area contributed by atoms with Crippen LogP contribution in [-0.2, 0) is 12.1 Å². The summed E-state index contributed by atoms with van der Waals surface area (Å²) in [5.41, 5.74) is 1.64. The number of piperazine rings is 1. The molecular formula is C23H29FN6. The maximum Gasteiger partial charge on any atom is 0.173 e. The highest BCUT2D eigenvalue weighted by Crippen LogP contribution is 2.32. The van der Waals surface area contributed by atoms with Crippen molar-refractivity contribution in [2.45, 2.75) is 38.9 Å². The highest BCUT2D eigenvalue weighted by atomic mass is 19.1. The van der Waals surface area contributed by atoms with E-state index in [1.807, 2.05) is 22.9 Å². The smallest absolute Gasteiger partial charge is 0.173 e. The Bertz CT molecular complexity index is 957. The lowest BCUT2D eigenvalue weighted by Crippen LogP contribution is -2.48. The van der Waals surface area contributed by atoms with Crippen molar-refractivity contribution in [1.29, 1.82) is 0 Å². The molecule has 1 unspecified atom stereocenters. The molecule has 0 spiro atoms. The average Bonchev–Trinajstić information content (AvgIpc) is 3.22. The van der Waals surface area contributed by atoms with Crippen LogP contribution in [0.15, 0.2) is 54.6 Å². The van der Waals surface area contributed by atoms with E-state index in [9.17, 15) is 4.39 Å². The van der Waals surface area contributed by atoms with E-state index in [2.05, 4.69) is 70.4 Å². The number of hydrogen-bond acceptors (Lipinski definition) is 5. The molecular weight excluding hydrogens is 379 g/mol. The van der Waals surface area contributed by atoms with Gasteiger partial charge in [-0.25, -0.2) is 9.07 Å². The van der Waals surface area contributed by atoms with Crippen molar-refractivity contribution < 1.29 is 4.39 Å². The van der Waals surface area contributed by atoms with Crippen LogP contribution >= 0.6 is 0 Å². The summed E-state index contributed by atoms with van der Waals surface area (Å²) >= 11 is 0. The number of hydrogen-bond donors (Lipinski definition) is 0. The van der Waals surface area contributed by atoms with E-state index in [0.29, 0.717) is 11.4 Å². The zero-order chi connectivity index (χ0) is 21.1. The van der Waals surface area contributed by atoms with E-state index in [1.165, 1.54) is 11.6 Å². The van der Waals surface area contributed by atoms with Crippen LogP contribution in [0.5, 0.6) is 0 Å². The second-order valence-electron chi connectivity index (χ2n) is 8.84. The third kappa shape index (κ3) is 4.42. The minimum absolute atomic E-state index is 0.224. The van der Waals surface area contributed by atoms with Gasteiger partial charge in [-0.3, -0.25) is 9.80 Å². The van der Waals surface area contributed by atoms with E-state index < -0.39 is 0 Å². The van der Waals surface area contributed by atoms with Crippen LogP contribution in [0.1, 0.15) is 43.8 Å². The van der Waals surface area contributed by atoms with Crippen LogP contribution in [0.25, 0.3) is 0 Å². The first-order chi connectivity index (χ1) is 14.4. The molecule has 1 aliphatic heterocycles. The Hall–Kier alpha value is -2.64. The van der Waals surface area contributed by atoms with Crippen molar-refractivity contribution in [3.63, 3.8) is 0 Å². The average molecular weight is 409 g/mol. The molecule has 4 rings (SSSR count). The molecule has 0 saturated carbocycles. The summed E-state index contributed by atoms with van der Waals surface area (Å²) in [6.07, 6.45) is 0. The van der Waals surface area contributed by atoms with Gasteiger partial charge in [0, 0.05) is 38.3 Å². The summed E-state index contributed by atoms with van der Waals surface area (Å²) in [4.78, 5) is 4.74. The van der Waals surface area contributed by atoms with Gasteiger partial charge in [-0.1, -0.05) is 48.5 Å². The lowest BCUT2D eigenvalue weighted by Gasteiger charge is -2.39. The Balaban J connectivity index is 1.59. The molecule has 6 nitrogen and oxygen atoms in total. The summed E-state index contributed by atoms with van der Waals surface area (Å²) in [5.74, 6) is 0.460. The molecule has 1 atom stereocenters. The topological polar surface area (TPSA) is 50.1 Å². The molecule has 158 valence electrons. The summed E-state index contributed by atoms with van der Waals surface area (Å²) in [5, 5.41) is 12.5. The highest BCUT2D eigenvalue weighted by Gasteiger charge is 2.34. The summed E-state index contributed by atoms with van der Waals surface area (Å²) in [7, 11) is 0. The number of tetrazole rings is 1. The monoisotopic (exact) mass is 408 g/mol. The van der Waals surface area contributed by atoms with Crippen molar-refractivity contribution in [3.05, 3.63) is 77.4 Å². The Morgan fingerprint density at radius 1 is 0.933 bits per heavy atom. The second kappa shape index (κ2) is 8.62. The van der Waals surface area contributed by atoms with E-state index in [0.717, 1.165) is 32.7 Å². The standard InChI is InChI=1S/C23H29FN6/c1-23(2,3)30-22(25-26-27-30)21(19-11-7-8-12-20(19)24)29-15-13-28(14-16-29)17-18-9-5-4-6-10-18/h4-12,21H,13-17H2,1-3H3. The molecule has 3 aromatic rings. The fourth-order valence-corrected chi connectivity index (χ4v) is 4.06. The molecule has 0 radical (unpaired) electrons. The predicted molar refractivity (Wildman–Crippen MR) is 114 cm³/mol. The number of rotatable bonds is 5. The minimum Gasteiger partial charge on any atom is -0.297 e. The molecule has 2 aromatic carbocycles. The largest absolute Gasteiger partial charge is 0.297 e. The quantitative estimate of drug-likeness (QED) is 0.647. The first kappa shape index (κ1) is 20.6. The highest BCUT2D eigenvalue weighted by molar-refractivity contribution is 5.27. The number of aromatic nitrogens is 4. The molecule has 1 aromatic heterocycles. The predicted octanol–water partition coefficient (Wildman–Crippen LogP) is 3.47. The van der Waals surface area contributed by atoms with Gasteiger partial charge in [-0.05, 0) is 42.8 Å². The second-order valence-corrected chi connectivity index (χ2v) is 8.84. The van der Waals surface area contributed by atoms with Crippen molar-refractivity contribution in [1.82, 2.24) is 30.0 Å². The third-order valence-electron chi connectivity index (χ3n) is 5.59. The maximum atomic E-state index is 14.9.